The third-order valence-electron chi connectivity index (χ3n) is 2.27. The average Bonchev–Trinajstić information content (AvgIpc) is 2.26. The molecule has 0 aliphatic heterocycles. The first kappa shape index (κ1) is 11.7. The molecule has 0 spiro atoms. The maximum atomic E-state index is 10.4. The molecule has 4 heteroatoms. The standard InChI is InChI=1S/C11H15NO3/c12-9(10(13)11(14)15)7-6-8-4-2-1-3-5-8/h1-5,9-10,13H,6-7,12H2,(H,14,15)/t9-,10?/m0/s1. The second-order valence-electron chi connectivity index (χ2n) is 3.47. The molecular weight excluding hydrogens is 194 g/mol. The van der Waals surface area contributed by atoms with Crippen LogP contribution in [0.15, 0.2) is 30.3 Å². The van der Waals surface area contributed by atoms with Crippen LogP contribution < -0.4 is 5.73 Å². The zero-order valence-electron chi connectivity index (χ0n) is 8.34. The summed E-state index contributed by atoms with van der Waals surface area (Å²) < 4.78 is 0. The van der Waals surface area contributed by atoms with E-state index in [1.807, 2.05) is 30.3 Å². The lowest BCUT2D eigenvalue weighted by Crippen LogP contribution is -2.40. The third-order valence-corrected chi connectivity index (χ3v) is 2.27. The fraction of sp³-hybridized carbons (Fsp3) is 0.364. The van der Waals surface area contributed by atoms with Gasteiger partial charge in [-0.05, 0) is 18.4 Å². The Morgan fingerprint density at radius 3 is 2.47 bits per heavy atom. The molecule has 4 nitrogen and oxygen atoms in total. The number of benzene rings is 1. The number of aliphatic hydroxyl groups is 1. The largest absolute Gasteiger partial charge is 0.479 e. The van der Waals surface area contributed by atoms with E-state index in [0.29, 0.717) is 12.8 Å². The van der Waals surface area contributed by atoms with Crippen molar-refractivity contribution in [2.45, 2.75) is 25.0 Å². The van der Waals surface area contributed by atoms with E-state index in [0.717, 1.165) is 5.56 Å². The van der Waals surface area contributed by atoms with Crippen molar-refractivity contribution in [1.82, 2.24) is 0 Å². The molecule has 15 heavy (non-hydrogen) atoms. The van der Waals surface area contributed by atoms with Crippen LogP contribution >= 0.6 is 0 Å². The number of hydrogen-bond acceptors (Lipinski definition) is 3. The van der Waals surface area contributed by atoms with Gasteiger partial charge in [-0.15, -0.1) is 0 Å². The van der Waals surface area contributed by atoms with Crippen molar-refractivity contribution in [3.8, 4) is 0 Å². The molecule has 0 radical (unpaired) electrons. The summed E-state index contributed by atoms with van der Waals surface area (Å²) in [6.07, 6.45) is -0.349. The summed E-state index contributed by atoms with van der Waals surface area (Å²) >= 11 is 0. The van der Waals surface area contributed by atoms with Gasteiger partial charge in [-0.3, -0.25) is 0 Å². The quantitative estimate of drug-likeness (QED) is 0.655. The molecule has 82 valence electrons. The highest BCUT2D eigenvalue weighted by Crippen LogP contribution is 2.06. The molecule has 0 aromatic heterocycles. The van der Waals surface area contributed by atoms with Crippen molar-refractivity contribution in [3.05, 3.63) is 35.9 Å². The number of carboxylic acids is 1. The molecule has 4 N–H and O–H groups in total. The van der Waals surface area contributed by atoms with Crippen LogP contribution in [-0.4, -0.2) is 28.3 Å². The zero-order valence-corrected chi connectivity index (χ0v) is 8.34. The predicted octanol–water partition coefficient (Wildman–Crippen LogP) is 0.392. The van der Waals surface area contributed by atoms with Gasteiger partial charge >= 0.3 is 5.97 Å². The maximum Gasteiger partial charge on any atom is 0.334 e. The molecule has 0 bridgehead atoms. The molecule has 0 saturated carbocycles. The van der Waals surface area contributed by atoms with Crippen LogP contribution in [0.2, 0.25) is 0 Å². The number of rotatable bonds is 5. The number of nitrogens with two attached hydrogens (primary N) is 1. The van der Waals surface area contributed by atoms with E-state index < -0.39 is 18.1 Å². The Bertz CT molecular complexity index is 313. The summed E-state index contributed by atoms with van der Waals surface area (Å²) in [4.78, 5) is 10.4. The number of aliphatic hydroxyl groups excluding tert-OH is 1. The molecule has 0 saturated heterocycles. The van der Waals surface area contributed by atoms with E-state index in [1.54, 1.807) is 0 Å². The molecule has 0 amide bonds. The van der Waals surface area contributed by atoms with Crippen LogP contribution in [0.1, 0.15) is 12.0 Å². The monoisotopic (exact) mass is 209 g/mol. The molecule has 1 rings (SSSR count). The van der Waals surface area contributed by atoms with Gasteiger partial charge in [-0.25, -0.2) is 4.79 Å². The number of aliphatic carboxylic acids is 1. The van der Waals surface area contributed by atoms with Gasteiger partial charge in [0.05, 0.1) is 0 Å². The summed E-state index contributed by atoms with van der Waals surface area (Å²) in [7, 11) is 0. The number of aryl methyl sites for hydroxylation is 1. The maximum absolute atomic E-state index is 10.4. The second kappa shape index (κ2) is 5.48. The first-order valence-electron chi connectivity index (χ1n) is 4.81. The van der Waals surface area contributed by atoms with E-state index in [4.69, 9.17) is 15.9 Å². The lowest BCUT2D eigenvalue weighted by molar-refractivity contribution is -0.147. The van der Waals surface area contributed by atoms with Gasteiger partial charge in [0.2, 0.25) is 0 Å². The normalized spacial score (nSPS) is 14.5. The molecule has 0 aliphatic carbocycles. The molecule has 0 fully saturated rings. The van der Waals surface area contributed by atoms with Gasteiger partial charge in [-0.1, -0.05) is 30.3 Å². The molecule has 1 unspecified atom stereocenters. The van der Waals surface area contributed by atoms with Crippen LogP contribution in [0.25, 0.3) is 0 Å². The second-order valence-corrected chi connectivity index (χ2v) is 3.47. The molecule has 0 heterocycles. The van der Waals surface area contributed by atoms with Crippen LogP contribution in [0.4, 0.5) is 0 Å². The Kier molecular flexibility index (Phi) is 4.27. The van der Waals surface area contributed by atoms with Crippen LogP contribution in [0.3, 0.4) is 0 Å². The fourth-order valence-corrected chi connectivity index (χ4v) is 1.32. The molecule has 0 aliphatic rings. The van der Waals surface area contributed by atoms with E-state index in [2.05, 4.69) is 0 Å². The first-order chi connectivity index (χ1) is 7.11. The molecule has 1 aromatic rings. The summed E-state index contributed by atoms with van der Waals surface area (Å²) in [6.45, 7) is 0. The summed E-state index contributed by atoms with van der Waals surface area (Å²) in [5.74, 6) is -1.27. The van der Waals surface area contributed by atoms with E-state index in [-0.39, 0.29) is 0 Å². The van der Waals surface area contributed by atoms with Crippen LogP contribution in [0.5, 0.6) is 0 Å². The fourth-order valence-electron chi connectivity index (χ4n) is 1.32. The van der Waals surface area contributed by atoms with E-state index in [9.17, 15) is 4.79 Å². The summed E-state index contributed by atoms with van der Waals surface area (Å²) in [6, 6.07) is 8.90. The predicted molar refractivity (Wildman–Crippen MR) is 56.4 cm³/mol. The highest BCUT2D eigenvalue weighted by molar-refractivity contribution is 5.72. The Labute approximate surface area is 88.3 Å². The van der Waals surface area contributed by atoms with Gasteiger partial charge < -0.3 is 15.9 Å². The third kappa shape index (κ3) is 3.69. The Morgan fingerprint density at radius 2 is 1.93 bits per heavy atom. The van der Waals surface area contributed by atoms with Crippen molar-refractivity contribution in [3.63, 3.8) is 0 Å². The van der Waals surface area contributed by atoms with E-state index >= 15 is 0 Å². The Balaban J connectivity index is 2.41. The van der Waals surface area contributed by atoms with Crippen molar-refractivity contribution < 1.29 is 15.0 Å². The highest BCUT2D eigenvalue weighted by Gasteiger charge is 2.21. The Hall–Kier alpha value is -1.39. The number of carbonyl (C=O) groups is 1. The molecule has 1 aromatic carbocycles. The zero-order chi connectivity index (χ0) is 11.3. The topological polar surface area (TPSA) is 83.5 Å². The first-order valence-corrected chi connectivity index (χ1v) is 4.81. The number of carboxylic acid groups (broad SMARTS) is 1. The number of hydrogen-bond donors (Lipinski definition) is 3. The van der Waals surface area contributed by atoms with Crippen LogP contribution in [-0.2, 0) is 11.2 Å². The van der Waals surface area contributed by atoms with Gasteiger partial charge in [0, 0.05) is 6.04 Å². The van der Waals surface area contributed by atoms with Gasteiger partial charge in [0.25, 0.3) is 0 Å². The van der Waals surface area contributed by atoms with Crippen molar-refractivity contribution in [2.24, 2.45) is 5.73 Å². The minimum Gasteiger partial charge on any atom is -0.479 e. The average molecular weight is 209 g/mol. The SMILES string of the molecule is N[C@@H](CCc1ccccc1)C(O)C(=O)O. The lowest BCUT2D eigenvalue weighted by Gasteiger charge is -2.14. The van der Waals surface area contributed by atoms with E-state index in [1.165, 1.54) is 0 Å². The summed E-state index contributed by atoms with van der Waals surface area (Å²) in [5.41, 5.74) is 6.62. The lowest BCUT2D eigenvalue weighted by atomic mass is 10.0. The summed E-state index contributed by atoms with van der Waals surface area (Å²) in [5, 5.41) is 17.7. The van der Waals surface area contributed by atoms with Crippen molar-refractivity contribution >= 4 is 5.97 Å². The minimum atomic E-state index is -1.48. The Morgan fingerprint density at radius 1 is 1.33 bits per heavy atom. The minimum absolute atomic E-state index is 0.456. The van der Waals surface area contributed by atoms with Gasteiger partial charge in [0.15, 0.2) is 6.10 Å². The smallest absolute Gasteiger partial charge is 0.334 e. The van der Waals surface area contributed by atoms with Gasteiger partial charge in [0.1, 0.15) is 0 Å². The molecular formula is C11H15NO3. The van der Waals surface area contributed by atoms with Crippen molar-refractivity contribution in [1.29, 1.82) is 0 Å². The molecule has 2 atom stereocenters. The van der Waals surface area contributed by atoms with Crippen LogP contribution in [0, 0.1) is 0 Å². The van der Waals surface area contributed by atoms with Crippen molar-refractivity contribution in [2.75, 3.05) is 0 Å². The highest BCUT2D eigenvalue weighted by atomic mass is 16.4. The van der Waals surface area contributed by atoms with Gasteiger partial charge in [-0.2, -0.15) is 0 Å².